The molecule has 9 nitrogen and oxygen atoms in total. The molecule has 0 bridgehead atoms. The van der Waals surface area contributed by atoms with Crippen LogP contribution in [0.1, 0.15) is 112 Å². The van der Waals surface area contributed by atoms with E-state index in [4.69, 9.17) is 9.97 Å². The fraction of sp³-hybridized carbons (Fsp3) is 0.512. The second kappa shape index (κ2) is 13.1. The second-order valence-electron chi connectivity index (χ2n) is 15.3. The van der Waals surface area contributed by atoms with Crippen molar-refractivity contribution < 1.29 is 9.59 Å². The lowest BCUT2D eigenvalue weighted by Crippen LogP contribution is -2.57. The number of amides is 2. The molecule has 1 atom stereocenters. The molecule has 50 heavy (non-hydrogen) atoms. The van der Waals surface area contributed by atoms with Crippen LogP contribution in [-0.2, 0) is 10.2 Å². The van der Waals surface area contributed by atoms with E-state index in [0.29, 0.717) is 23.3 Å². The molecule has 1 saturated heterocycles. The van der Waals surface area contributed by atoms with Gasteiger partial charge in [0.2, 0.25) is 5.91 Å². The van der Waals surface area contributed by atoms with Gasteiger partial charge in [-0.25, -0.2) is 9.97 Å². The molecule has 0 unspecified atom stereocenters. The number of benzene rings is 2. The summed E-state index contributed by atoms with van der Waals surface area (Å²) in [5.41, 5.74) is 7.82. The quantitative estimate of drug-likeness (QED) is 0.197. The van der Waals surface area contributed by atoms with Crippen LogP contribution in [0, 0.1) is 6.92 Å². The SMILES string of the molecule is CC[C@H](C)n1cnc2cc(-c3ccc4c(c3)N(C3CC(N5CCCCC5)C3)C(=O)C43CCCCC3)nc(Nc3ccc(C)c(C(=O)NC)c3)c21. The monoisotopic (exact) mass is 673 g/mol. The molecule has 2 amide bonds. The van der Waals surface area contributed by atoms with Gasteiger partial charge in [-0.05, 0) is 107 Å². The fourth-order valence-corrected chi connectivity index (χ4v) is 9.14. The summed E-state index contributed by atoms with van der Waals surface area (Å²) >= 11 is 0. The Balaban J connectivity index is 1.19. The predicted octanol–water partition coefficient (Wildman–Crippen LogP) is 8.05. The van der Waals surface area contributed by atoms with E-state index in [1.54, 1.807) is 7.05 Å². The number of anilines is 3. The Hall–Kier alpha value is -4.24. The third kappa shape index (κ3) is 5.49. The van der Waals surface area contributed by atoms with Crippen LogP contribution in [0.5, 0.6) is 0 Å². The van der Waals surface area contributed by atoms with E-state index >= 15 is 0 Å². The topological polar surface area (TPSA) is 95.4 Å². The predicted molar refractivity (Wildman–Crippen MR) is 200 cm³/mol. The summed E-state index contributed by atoms with van der Waals surface area (Å²) in [5, 5.41) is 6.33. The minimum Gasteiger partial charge on any atom is -0.355 e. The molecule has 2 saturated carbocycles. The van der Waals surface area contributed by atoms with Gasteiger partial charge in [0.05, 0.1) is 23.0 Å². The standard InChI is InChI=1S/C41H51N7O2/c1-5-27(3)47-25-43-35-24-34(45-38(37(35)47)44-29-14-12-26(2)32(21-29)39(49)42-4)28-13-15-33-36(20-28)48(40(50)41(33)16-8-6-9-17-41)31-22-30(23-31)46-18-10-7-11-19-46/h12-15,20-21,24-25,27,30-31H,5-11,16-19,22-23H2,1-4H3,(H,42,49)(H,44,45)/t27-,30?,31?/m0/s1. The van der Waals surface area contributed by atoms with Crippen LogP contribution in [0.15, 0.2) is 48.8 Å². The Kier molecular flexibility index (Phi) is 8.66. The maximum atomic E-state index is 14.6. The molecular weight excluding hydrogens is 622 g/mol. The summed E-state index contributed by atoms with van der Waals surface area (Å²) in [6.45, 7) is 8.71. The van der Waals surface area contributed by atoms with E-state index in [2.05, 4.69) is 63.1 Å². The molecule has 3 fully saturated rings. The normalized spacial score (nSPS) is 22.4. The number of imidazole rings is 1. The molecule has 2 N–H and O–H groups in total. The number of hydrogen-bond acceptors (Lipinski definition) is 6. The number of rotatable bonds is 8. The van der Waals surface area contributed by atoms with Gasteiger partial charge in [0.25, 0.3) is 5.91 Å². The lowest BCUT2D eigenvalue weighted by Gasteiger charge is -2.48. The molecule has 9 heteroatoms. The summed E-state index contributed by atoms with van der Waals surface area (Å²) in [7, 11) is 1.65. The average molecular weight is 674 g/mol. The zero-order valence-corrected chi connectivity index (χ0v) is 30.1. The highest BCUT2D eigenvalue weighted by Gasteiger charge is 2.54. The number of aryl methyl sites for hydroxylation is 1. The summed E-state index contributed by atoms with van der Waals surface area (Å²) < 4.78 is 2.19. The highest BCUT2D eigenvalue weighted by molar-refractivity contribution is 6.09. The number of carbonyl (C=O) groups excluding carboxylic acids is 2. The van der Waals surface area contributed by atoms with Crippen LogP contribution >= 0.6 is 0 Å². The number of piperidine rings is 1. The van der Waals surface area contributed by atoms with Gasteiger partial charge in [0.15, 0.2) is 5.82 Å². The van der Waals surface area contributed by atoms with Gasteiger partial charge in [0.1, 0.15) is 5.52 Å². The van der Waals surface area contributed by atoms with Crippen molar-refractivity contribution in [2.24, 2.45) is 0 Å². The van der Waals surface area contributed by atoms with Crippen molar-refractivity contribution in [3.63, 3.8) is 0 Å². The van der Waals surface area contributed by atoms with E-state index in [1.807, 2.05) is 31.5 Å². The number of likely N-dealkylation sites (tertiary alicyclic amines) is 1. The lowest BCUT2D eigenvalue weighted by molar-refractivity contribution is -0.125. The Morgan fingerprint density at radius 3 is 2.48 bits per heavy atom. The Labute approximate surface area is 295 Å². The van der Waals surface area contributed by atoms with Crippen molar-refractivity contribution >= 4 is 40.0 Å². The van der Waals surface area contributed by atoms with E-state index in [0.717, 1.165) is 84.2 Å². The van der Waals surface area contributed by atoms with Gasteiger partial charge >= 0.3 is 0 Å². The fourth-order valence-electron chi connectivity index (χ4n) is 9.14. The molecule has 1 spiro atoms. The van der Waals surface area contributed by atoms with Gasteiger partial charge in [-0.15, -0.1) is 0 Å². The minimum absolute atomic E-state index is 0.121. The number of fused-ring (bicyclic) bond motifs is 3. The Bertz CT molecular complexity index is 1930. The van der Waals surface area contributed by atoms with E-state index in [1.165, 1.54) is 44.3 Å². The first kappa shape index (κ1) is 32.9. The number of hydrogen-bond donors (Lipinski definition) is 2. The number of nitrogens with one attached hydrogen (secondary N) is 2. The maximum Gasteiger partial charge on any atom is 0.251 e. The Morgan fingerprint density at radius 2 is 1.74 bits per heavy atom. The second-order valence-corrected chi connectivity index (χ2v) is 15.3. The number of nitrogens with zero attached hydrogens (tertiary/aromatic N) is 5. The van der Waals surface area contributed by atoms with Crippen molar-refractivity contribution in [2.45, 2.75) is 115 Å². The summed E-state index contributed by atoms with van der Waals surface area (Å²) in [4.78, 5) is 42.3. The van der Waals surface area contributed by atoms with Crippen LogP contribution in [0.4, 0.5) is 17.2 Å². The van der Waals surface area contributed by atoms with E-state index < -0.39 is 5.41 Å². The third-order valence-electron chi connectivity index (χ3n) is 12.4. The maximum absolute atomic E-state index is 14.6. The lowest BCUT2D eigenvalue weighted by atomic mass is 9.70. The first-order valence-electron chi connectivity index (χ1n) is 19.0. The van der Waals surface area contributed by atoms with Gasteiger partial charge in [-0.3, -0.25) is 9.59 Å². The molecular formula is C41H51N7O2. The van der Waals surface area contributed by atoms with Crippen LogP contribution < -0.4 is 15.5 Å². The molecule has 2 aliphatic carbocycles. The smallest absolute Gasteiger partial charge is 0.251 e. The van der Waals surface area contributed by atoms with Gasteiger partial charge < -0.3 is 25.0 Å². The van der Waals surface area contributed by atoms with Crippen molar-refractivity contribution in [1.82, 2.24) is 24.8 Å². The molecule has 4 aliphatic rings. The molecule has 2 aliphatic heterocycles. The zero-order valence-electron chi connectivity index (χ0n) is 30.1. The van der Waals surface area contributed by atoms with Crippen LogP contribution in [0.3, 0.4) is 0 Å². The zero-order chi connectivity index (χ0) is 34.6. The van der Waals surface area contributed by atoms with Gasteiger partial charge in [-0.1, -0.05) is 50.8 Å². The van der Waals surface area contributed by atoms with Crippen LogP contribution in [0.2, 0.25) is 0 Å². The highest BCUT2D eigenvalue weighted by atomic mass is 16.2. The molecule has 262 valence electrons. The number of carbonyl (C=O) groups is 2. The molecule has 8 rings (SSSR count). The molecule has 0 radical (unpaired) electrons. The number of pyridine rings is 1. The average Bonchev–Trinajstić information content (AvgIpc) is 3.66. The summed E-state index contributed by atoms with van der Waals surface area (Å²) in [6.07, 6.45) is 14.2. The van der Waals surface area contributed by atoms with Crippen molar-refractivity contribution in [3.05, 3.63) is 65.5 Å². The summed E-state index contributed by atoms with van der Waals surface area (Å²) in [5.74, 6) is 0.905. The Morgan fingerprint density at radius 1 is 0.980 bits per heavy atom. The third-order valence-corrected chi connectivity index (χ3v) is 12.4. The first-order valence-corrected chi connectivity index (χ1v) is 19.0. The first-order chi connectivity index (χ1) is 24.3. The largest absolute Gasteiger partial charge is 0.355 e. The molecule has 2 aromatic heterocycles. The molecule has 4 aromatic rings. The molecule has 4 heterocycles. The van der Waals surface area contributed by atoms with E-state index in [-0.39, 0.29) is 18.0 Å². The van der Waals surface area contributed by atoms with Crippen LogP contribution in [-0.4, -0.2) is 63.5 Å². The van der Waals surface area contributed by atoms with Crippen molar-refractivity contribution in [2.75, 3.05) is 30.4 Å². The van der Waals surface area contributed by atoms with Crippen LogP contribution in [0.25, 0.3) is 22.3 Å². The highest BCUT2D eigenvalue weighted by Crippen LogP contribution is 2.53. The van der Waals surface area contributed by atoms with Gasteiger partial charge in [-0.2, -0.15) is 0 Å². The van der Waals surface area contributed by atoms with E-state index in [9.17, 15) is 9.59 Å². The summed E-state index contributed by atoms with van der Waals surface area (Å²) in [6, 6.07) is 15.6. The van der Waals surface area contributed by atoms with Crippen molar-refractivity contribution in [3.8, 4) is 11.3 Å². The van der Waals surface area contributed by atoms with Crippen molar-refractivity contribution in [1.29, 1.82) is 0 Å². The number of aromatic nitrogens is 3. The minimum atomic E-state index is -0.393. The molecule has 2 aromatic carbocycles. The van der Waals surface area contributed by atoms with Gasteiger partial charge in [0, 0.05) is 47.7 Å².